The number of nitrogens with zero attached hydrogens (tertiary/aromatic N) is 5. The number of aliphatic hydroxyl groups is 8. The van der Waals surface area contributed by atoms with Crippen LogP contribution >= 0.6 is 23.7 Å². The molecule has 5 aromatic rings. The van der Waals surface area contributed by atoms with Gasteiger partial charge in [-0.2, -0.15) is 5.10 Å². The second kappa shape index (κ2) is 31.0. The minimum Gasteiger partial charge on any atom is -0.504 e. The number of primary amides is 1. The summed E-state index contributed by atoms with van der Waals surface area (Å²) in [5, 5.41) is 130. The lowest BCUT2D eigenvalue weighted by Crippen LogP contribution is -2.64. The molecule has 33 nitrogen and oxygen atoms in total. The second-order valence-corrected chi connectivity index (χ2v) is 23.8. The number of carbonyl (C=O) groups is 8. The van der Waals surface area contributed by atoms with Gasteiger partial charge in [-0.15, -0.1) is 0 Å². The standard InChI is InChI=1S/C57H71N11O22S2/c1-4-5-6-17-87-32-14-11-29(12-15-32)54-65-68-24-34(60-57(68)91-54)27-7-9-28(10-8-27)48(78)59-33-20-38(73)51(81)64-53(83)44-45(75)25(2)22-67(44)56(85)42(37(72)21-40(58)74)62-52(82)43(47(77)46(76)30-13-16-36(71)39(18-30)88-92-90-89-86)63-50(80)35-19-31(70)23-66(35)55(84)41(26(3)69)61-49(33)79/h7-16,18,24-26,31,33,35,37-38,41-47,51,69-73,75-77,81,86H,4-6,17,19-23H2,1-3H3,(H2,58,74)(H,59,78)(H,61,79)(H,62,82)(H,63,80)(H,64,83)/t25?,26?,31?,33-,35?,37?,38?,41?,42?,43?,44?,45?,46?,47?,51?/m0/s1. The number of benzene rings is 3. The van der Waals surface area contributed by atoms with Crippen molar-refractivity contribution < 1.29 is 108 Å². The molecular weight excluding hydrogens is 1250 g/mol. The highest BCUT2D eigenvalue weighted by Gasteiger charge is 2.51. The number of imidazole rings is 1. The largest absolute Gasteiger partial charge is 0.504 e. The van der Waals surface area contributed by atoms with Gasteiger partial charge < -0.3 is 97.0 Å². The monoisotopic (exact) mass is 1330 g/mol. The number of aromatic nitrogens is 3. The van der Waals surface area contributed by atoms with E-state index in [2.05, 4.69) is 42.7 Å². The lowest BCUT2D eigenvalue weighted by molar-refractivity contribution is -0.433. The highest BCUT2D eigenvalue weighted by molar-refractivity contribution is 7.90. The minimum atomic E-state index is -2.56. The topological polar surface area (TPSA) is 499 Å². The van der Waals surface area contributed by atoms with Crippen LogP contribution in [0.25, 0.3) is 26.8 Å². The second-order valence-electron chi connectivity index (χ2n) is 22.4. The molecule has 15 atom stereocenters. The van der Waals surface area contributed by atoms with Gasteiger partial charge in [0.1, 0.15) is 65.3 Å². The first-order valence-electron chi connectivity index (χ1n) is 29.0. The number of ether oxygens (including phenoxy) is 1. The van der Waals surface area contributed by atoms with Crippen LogP contribution in [0.5, 0.6) is 17.2 Å². The molecule has 2 aromatic heterocycles. The summed E-state index contributed by atoms with van der Waals surface area (Å²) in [7, 11) is 0. The molecule has 3 saturated heterocycles. The summed E-state index contributed by atoms with van der Waals surface area (Å²) in [5.41, 5.74) is 6.79. The van der Waals surface area contributed by atoms with Crippen molar-refractivity contribution in [3.8, 4) is 39.1 Å². The fourth-order valence-electron chi connectivity index (χ4n) is 10.7. The molecule has 8 rings (SSSR count). The number of rotatable bonds is 20. The molecule has 92 heavy (non-hydrogen) atoms. The van der Waals surface area contributed by atoms with E-state index in [1.54, 1.807) is 22.8 Å². The molecule has 3 fully saturated rings. The third-order valence-corrected chi connectivity index (χ3v) is 17.0. The van der Waals surface area contributed by atoms with Crippen LogP contribution in [-0.2, 0) is 42.9 Å². The normalized spacial score (nSPS) is 25.9. The van der Waals surface area contributed by atoms with Gasteiger partial charge in [-0.3, -0.25) is 38.4 Å². The number of fused-ring (bicyclic) bond motifs is 3. The van der Waals surface area contributed by atoms with Gasteiger partial charge in [-0.25, -0.2) is 14.8 Å². The third kappa shape index (κ3) is 16.5. The van der Waals surface area contributed by atoms with Crippen LogP contribution in [0.2, 0.25) is 0 Å². The number of carbonyl (C=O) groups excluding carboxylic acids is 8. The first-order chi connectivity index (χ1) is 43.8. The van der Waals surface area contributed by atoms with E-state index in [0.717, 1.165) is 55.7 Å². The van der Waals surface area contributed by atoms with E-state index in [4.69, 9.17) is 24.9 Å². The van der Waals surface area contributed by atoms with Gasteiger partial charge in [0.25, 0.3) is 18.2 Å². The average Bonchev–Trinajstić information content (AvgIpc) is 1.66. The van der Waals surface area contributed by atoms with E-state index >= 15 is 0 Å². The van der Waals surface area contributed by atoms with Gasteiger partial charge in [0.05, 0.1) is 49.3 Å². The highest BCUT2D eigenvalue weighted by atomic mass is 32.2. The van der Waals surface area contributed by atoms with Gasteiger partial charge in [0.2, 0.25) is 46.3 Å². The summed E-state index contributed by atoms with van der Waals surface area (Å²) >= 11 is 1.29. The predicted octanol–water partition coefficient (Wildman–Crippen LogP) is -2.60. The molecule has 3 aliphatic rings. The molecule has 0 radical (unpaired) electrons. The first-order valence-corrected chi connectivity index (χ1v) is 30.5. The Hall–Kier alpha value is -8.17. The van der Waals surface area contributed by atoms with Crippen molar-refractivity contribution in [2.24, 2.45) is 11.7 Å². The molecule has 8 amide bonds. The van der Waals surface area contributed by atoms with Crippen LogP contribution in [-0.4, -0.2) is 222 Å². The van der Waals surface area contributed by atoms with E-state index in [0.29, 0.717) is 37.6 Å². The molecule has 0 saturated carbocycles. The van der Waals surface area contributed by atoms with E-state index in [1.807, 2.05) is 29.6 Å². The number of hydrogen-bond donors (Lipinski definition) is 16. The van der Waals surface area contributed by atoms with Crippen LogP contribution in [0, 0.1) is 5.92 Å². The molecule has 3 aromatic carbocycles. The maximum atomic E-state index is 14.7. The Labute approximate surface area is 531 Å². The maximum Gasteiger partial charge on any atom is 0.261 e. The predicted molar refractivity (Wildman–Crippen MR) is 319 cm³/mol. The molecule has 17 N–H and O–H groups in total. The Kier molecular flexibility index (Phi) is 23.5. The molecular formula is C57H71N11O22S2. The van der Waals surface area contributed by atoms with Gasteiger partial charge in [-0.05, 0) is 67.4 Å². The van der Waals surface area contributed by atoms with Crippen LogP contribution in [0.3, 0.4) is 0 Å². The number of amides is 8. The molecule has 5 heterocycles. The molecule has 14 unspecified atom stereocenters. The zero-order chi connectivity index (χ0) is 66.8. The number of aliphatic hydroxyl groups excluding tert-OH is 8. The van der Waals surface area contributed by atoms with Crippen LogP contribution in [0.1, 0.15) is 81.3 Å². The van der Waals surface area contributed by atoms with Gasteiger partial charge >= 0.3 is 0 Å². The van der Waals surface area contributed by atoms with E-state index < -0.39 is 182 Å². The summed E-state index contributed by atoms with van der Waals surface area (Å²) in [5.74, 6) is -12.0. The third-order valence-electron chi connectivity index (χ3n) is 15.7. The van der Waals surface area contributed by atoms with E-state index in [9.17, 15) is 84.3 Å². The first kappa shape index (κ1) is 69.7. The van der Waals surface area contributed by atoms with Crippen molar-refractivity contribution in [3.63, 3.8) is 0 Å². The van der Waals surface area contributed by atoms with Crippen LogP contribution in [0.4, 0.5) is 0 Å². The quantitative estimate of drug-likeness (QED) is 0.0164. The fraction of sp³-hybridized carbons (Fsp3) is 0.474. The SMILES string of the molecule is CCCCCOc1ccc(-c2nn3cc(-c4ccc(C(=O)N[C@H]5CC(O)C(O)NC(=O)C6C(O)C(C)CN6C(=O)C(C(O)CC(N)=O)NC(=O)C(C(O)C(O)c6ccc(O)c(OSOOO)c6)NC(=O)C6CC(O)CN6C(=O)C(C(C)O)NC5=O)cc4)nc3s2)cc1. The average molecular weight is 1330 g/mol. The molecule has 0 aliphatic carbocycles. The fourth-order valence-corrected chi connectivity index (χ4v) is 11.8. The Bertz CT molecular complexity index is 3420. The number of aromatic hydroxyl groups is 1. The molecule has 35 heteroatoms. The van der Waals surface area contributed by atoms with Gasteiger partial charge in [0.15, 0.2) is 17.7 Å². The highest BCUT2D eigenvalue weighted by Crippen LogP contribution is 2.35. The Morgan fingerprint density at radius 2 is 1.49 bits per heavy atom. The number of nitrogens with one attached hydrogen (secondary N) is 5. The Balaban J connectivity index is 1.10. The summed E-state index contributed by atoms with van der Waals surface area (Å²) in [4.78, 5) is 120. The Morgan fingerprint density at radius 3 is 2.15 bits per heavy atom. The van der Waals surface area contributed by atoms with Crippen molar-refractivity contribution in [3.05, 3.63) is 84.1 Å². The van der Waals surface area contributed by atoms with Crippen LogP contribution < -0.4 is 41.2 Å². The summed E-state index contributed by atoms with van der Waals surface area (Å²) in [6.45, 7) is 3.93. The summed E-state index contributed by atoms with van der Waals surface area (Å²) in [6, 6.07) is 3.40. The smallest absolute Gasteiger partial charge is 0.261 e. The van der Waals surface area contributed by atoms with Gasteiger partial charge in [0, 0.05) is 48.5 Å². The Morgan fingerprint density at radius 1 is 0.815 bits per heavy atom. The maximum absolute atomic E-state index is 14.7. The molecule has 0 spiro atoms. The van der Waals surface area contributed by atoms with Crippen molar-refractivity contribution >= 4 is 75.9 Å². The van der Waals surface area contributed by atoms with Crippen molar-refractivity contribution in [2.75, 3.05) is 19.7 Å². The van der Waals surface area contributed by atoms with Crippen molar-refractivity contribution in [2.45, 2.75) is 145 Å². The number of phenols is 1. The summed E-state index contributed by atoms with van der Waals surface area (Å²) < 4.78 is 16.6. The lowest BCUT2D eigenvalue weighted by atomic mass is 9.96. The molecule has 3 aliphatic heterocycles. The number of hydrogen-bond acceptors (Lipinski definition) is 26. The number of nitrogens with two attached hydrogens (primary N) is 1. The molecule has 498 valence electrons. The lowest BCUT2D eigenvalue weighted by Gasteiger charge is -2.34. The zero-order valence-corrected chi connectivity index (χ0v) is 51.1. The summed E-state index contributed by atoms with van der Waals surface area (Å²) in [6.07, 6.45) is -14.9. The minimum absolute atomic E-state index is 0.0362. The zero-order valence-electron chi connectivity index (χ0n) is 49.5. The van der Waals surface area contributed by atoms with Crippen molar-refractivity contribution in [1.29, 1.82) is 0 Å². The van der Waals surface area contributed by atoms with E-state index in [1.165, 1.54) is 30.4 Å². The van der Waals surface area contributed by atoms with E-state index in [-0.39, 0.29) is 23.5 Å². The van der Waals surface area contributed by atoms with Crippen molar-refractivity contribution in [1.82, 2.24) is 51.0 Å². The number of phenolic OH excluding ortho intramolecular Hbond substituents is 1. The number of unbranched alkanes of at least 4 members (excludes halogenated alkanes) is 2. The van der Waals surface area contributed by atoms with Crippen LogP contribution in [0.15, 0.2) is 72.9 Å². The molecule has 0 bridgehead atoms. The van der Waals surface area contributed by atoms with Gasteiger partial charge in [-0.1, -0.05) is 65.6 Å².